The molecule has 18 heavy (non-hydrogen) atoms. The molecule has 98 valence electrons. The summed E-state index contributed by atoms with van der Waals surface area (Å²) >= 11 is 11.6. The van der Waals surface area contributed by atoms with E-state index in [1.54, 1.807) is 12.1 Å². The van der Waals surface area contributed by atoms with Crippen LogP contribution in [-0.4, -0.2) is 18.4 Å². The van der Waals surface area contributed by atoms with Gasteiger partial charge in [0.25, 0.3) is 0 Å². The summed E-state index contributed by atoms with van der Waals surface area (Å²) in [5, 5.41) is 0.0171. The molecule has 0 bridgehead atoms. The molecule has 0 aliphatic carbocycles. The Morgan fingerprint density at radius 1 is 1.28 bits per heavy atom. The summed E-state index contributed by atoms with van der Waals surface area (Å²) < 4.78 is 13.4. The van der Waals surface area contributed by atoms with E-state index >= 15 is 0 Å². The summed E-state index contributed by atoms with van der Waals surface area (Å²) in [4.78, 5) is 13.7. The molecule has 0 amide bonds. The Bertz CT molecular complexity index is 469. The average Bonchev–Trinajstić information content (AvgIpc) is 2.33. The van der Waals surface area contributed by atoms with Crippen molar-refractivity contribution in [3.05, 3.63) is 28.0 Å². The molecule has 2 atom stereocenters. The normalized spacial score (nSPS) is 24.5. The van der Waals surface area contributed by atoms with Crippen LogP contribution >= 0.6 is 23.2 Å². The van der Waals surface area contributed by atoms with Gasteiger partial charge in [-0.15, -0.1) is 0 Å². The van der Waals surface area contributed by atoms with Gasteiger partial charge in [0.2, 0.25) is 0 Å². The molecule has 5 heteroatoms. The molecule has 0 aromatic heterocycles. The molecule has 2 nitrogen and oxygen atoms in total. The topological polar surface area (TPSA) is 20.3 Å². The summed E-state index contributed by atoms with van der Waals surface area (Å²) in [6.45, 7) is 4.50. The minimum Gasteiger partial charge on any atom is -0.368 e. The molecule has 1 aromatic rings. The van der Waals surface area contributed by atoms with Gasteiger partial charge in [0, 0.05) is 30.6 Å². The summed E-state index contributed by atoms with van der Waals surface area (Å²) in [7, 11) is 0. The molecule has 0 N–H and O–H groups in total. The lowest BCUT2D eigenvalue weighted by atomic mass is 9.90. The highest BCUT2D eigenvalue weighted by Gasteiger charge is 2.31. The van der Waals surface area contributed by atoms with Gasteiger partial charge in [-0.1, -0.05) is 30.1 Å². The van der Waals surface area contributed by atoms with E-state index in [0.29, 0.717) is 13.0 Å². The number of carbonyl (C=O) groups excluding carboxylic acids is 1. The van der Waals surface area contributed by atoms with E-state index in [4.69, 9.17) is 23.2 Å². The van der Waals surface area contributed by atoms with Crippen molar-refractivity contribution in [2.45, 2.75) is 26.3 Å². The number of nitrogens with zero attached hydrogens (tertiary/aromatic N) is 1. The maximum absolute atomic E-state index is 13.4. The van der Waals surface area contributed by atoms with Gasteiger partial charge in [-0.3, -0.25) is 4.79 Å². The predicted octanol–water partition coefficient (Wildman–Crippen LogP) is 3.94. The highest BCUT2D eigenvalue weighted by Crippen LogP contribution is 2.33. The SMILES string of the molecule is CC1C(=O)CCN(c2cc(Cl)c(F)c(Cl)c2)C1C. The Balaban J connectivity index is 2.35. The van der Waals surface area contributed by atoms with Crippen LogP contribution in [0.5, 0.6) is 0 Å². The third-order valence-electron chi connectivity index (χ3n) is 3.62. The van der Waals surface area contributed by atoms with Crippen molar-refractivity contribution >= 4 is 34.7 Å². The highest BCUT2D eigenvalue weighted by atomic mass is 35.5. The standard InChI is InChI=1S/C13H14Cl2FNO/c1-7-8(2)17(4-3-12(7)18)9-5-10(14)13(16)11(15)6-9/h5-8H,3-4H2,1-2H3. The lowest BCUT2D eigenvalue weighted by molar-refractivity contribution is -0.123. The molecular weight excluding hydrogens is 276 g/mol. The Labute approximate surface area is 116 Å². The Morgan fingerprint density at radius 2 is 1.83 bits per heavy atom. The first-order chi connectivity index (χ1) is 8.41. The van der Waals surface area contributed by atoms with Crippen LogP contribution in [0, 0.1) is 11.7 Å². The van der Waals surface area contributed by atoms with E-state index in [0.717, 1.165) is 5.69 Å². The number of piperidine rings is 1. The fourth-order valence-corrected chi connectivity index (χ4v) is 2.75. The van der Waals surface area contributed by atoms with Crippen LogP contribution in [0.3, 0.4) is 0 Å². The summed E-state index contributed by atoms with van der Waals surface area (Å²) in [5.74, 6) is -0.379. The van der Waals surface area contributed by atoms with Crippen molar-refractivity contribution in [1.82, 2.24) is 0 Å². The number of ketones is 1. The number of hydrogen-bond acceptors (Lipinski definition) is 2. The van der Waals surface area contributed by atoms with Gasteiger partial charge >= 0.3 is 0 Å². The third kappa shape index (κ3) is 2.34. The highest BCUT2D eigenvalue weighted by molar-refractivity contribution is 6.35. The van der Waals surface area contributed by atoms with Crippen molar-refractivity contribution < 1.29 is 9.18 Å². The van der Waals surface area contributed by atoms with E-state index in [1.165, 1.54) is 0 Å². The van der Waals surface area contributed by atoms with Gasteiger partial charge in [0.1, 0.15) is 5.78 Å². The molecule has 1 aliphatic heterocycles. The zero-order chi connectivity index (χ0) is 13.4. The Hall–Kier alpha value is -0.800. The van der Waals surface area contributed by atoms with Crippen LogP contribution in [0.2, 0.25) is 10.0 Å². The number of anilines is 1. The molecule has 2 unspecified atom stereocenters. The second-order valence-electron chi connectivity index (χ2n) is 4.66. The quantitative estimate of drug-likeness (QED) is 0.730. The molecule has 0 spiro atoms. The van der Waals surface area contributed by atoms with Crippen LogP contribution in [0.4, 0.5) is 10.1 Å². The van der Waals surface area contributed by atoms with Gasteiger partial charge in [-0.2, -0.15) is 0 Å². The van der Waals surface area contributed by atoms with Crippen molar-refractivity contribution in [3.63, 3.8) is 0 Å². The van der Waals surface area contributed by atoms with Gasteiger partial charge in [-0.05, 0) is 19.1 Å². The summed E-state index contributed by atoms with van der Waals surface area (Å²) in [6.07, 6.45) is 0.498. The Morgan fingerprint density at radius 3 is 2.39 bits per heavy atom. The lowest BCUT2D eigenvalue weighted by Gasteiger charge is -2.38. The molecule has 2 rings (SSSR count). The Kier molecular flexibility index (Phi) is 3.83. The van der Waals surface area contributed by atoms with Crippen LogP contribution < -0.4 is 4.90 Å². The fraction of sp³-hybridized carbons (Fsp3) is 0.462. The first-order valence-corrected chi connectivity index (χ1v) is 6.61. The van der Waals surface area contributed by atoms with Crippen molar-refractivity contribution in [1.29, 1.82) is 0 Å². The second kappa shape index (κ2) is 5.06. The first-order valence-electron chi connectivity index (χ1n) is 5.85. The molecule has 1 saturated heterocycles. The number of halogens is 3. The largest absolute Gasteiger partial charge is 0.368 e. The third-order valence-corrected chi connectivity index (χ3v) is 4.17. The van der Waals surface area contributed by atoms with Gasteiger partial charge in [0.15, 0.2) is 5.82 Å². The van der Waals surface area contributed by atoms with E-state index in [-0.39, 0.29) is 27.8 Å². The first kappa shape index (κ1) is 13.6. The molecule has 1 fully saturated rings. The number of Topliss-reactive ketones (excluding diaryl/α,β-unsaturated/α-hetero) is 1. The van der Waals surface area contributed by atoms with E-state index in [9.17, 15) is 9.18 Å². The molecule has 1 aromatic carbocycles. The van der Waals surface area contributed by atoms with E-state index < -0.39 is 5.82 Å². The van der Waals surface area contributed by atoms with Crippen LogP contribution in [0.25, 0.3) is 0 Å². The fourth-order valence-electron chi connectivity index (χ4n) is 2.27. The van der Waals surface area contributed by atoms with Crippen LogP contribution in [0.1, 0.15) is 20.3 Å². The van der Waals surface area contributed by atoms with Gasteiger partial charge in [-0.25, -0.2) is 4.39 Å². The van der Waals surface area contributed by atoms with Gasteiger partial charge in [0.05, 0.1) is 10.0 Å². The maximum atomic E-state index is 13.4. The molecule has 1 aliphatic rings. The van der Waals surface area contributed by atoms with E-state index in [1.807, 2.05) is 18.7 Å². The predicted molar refractivity (Wildman–Crippen MR) is 72.0 cm³/mol. The van der Waals surface area contributed by atoms with Crippen molar-refractivity contribution in [3.8, 4) is 0 Å². The van der Waals surface area contributed by atoms with Crippen LogP contribution in [0.15, 0.2) is 12.1 Å². The summed E-state index contributed by atoms with van der Waals surface area (Å²) in [5.41, 5.74) is 0.762. The number of carbonyl (C=O) groups is 1. The molecular formula is C13H14Cl2FNO. The maximum Gasteiger partial charge on any atom is 0.160 e. The minimum absolute atomic E-state index is 0.00857. The number of rotatable bonds is 1. The van der Waals surface area contributed by atoms with Crippen LogP contribution in [-0.2, 0) is 4.79 Å². The zero-order valence-electron chi connectivity index (χ0n) is 10.2. The smallest absolute Gasteiger partial charge is 0.160 e. The second-order valence-corrected chi connectivity index (χ2v) is 5.48. The molecule has 0 radical (unpaired) electrons. The minimum atomic E-state index is -0.601. The number of hydrogen-bond donors (Lipinski definition) is 0. The van der Waals surface area contributed by atoms with Crippen molar-refractivity contribution in [2.75, 3.05) is 11.4 Å². The average molecular weight is 290 g/mol. The monoisotopic (exact) mass is 289 g/mol. The van der Waals surface area contributed by atoms with E-state index in [2.05, 4.69) is 0 Å². The van der Waals surface area contributed by atoms with Gasteiger partial charge < -0.3 is 4.90 Å². The molecule has 1 heterocycles. The summed E-state index contributed by atoms with van der Waals surface area (Å²) in [6, 6.07) is 3.17. The number of benzene rings is 1. The van der Waals surface area contributed by atoms with Crippen molar-refractivity contribution in [2.24, 2.45) is 5.92 Å². The lowest BCUT2D eigenvalue weighted by Crippen LogP contribution is -2.47. The zero-order valence-corrected chi connectivity index (χ0v) is 11.7. The molecule has 0 saturated carbocycles.